The molecule has 0 atom stereocenters. The highest BCUT2D eigenvalue weighted by molar-refractivity contribution is 5.73. The van der Waals surface area contributed by atoms with E-state index in [9.17, 15) is 4.79 Å². The lowest BCUT2D eigenvalue weighted by Gasteiger charge is -2.01. The van der Waals surface area contributed by atoms with Crippen molar-refractivity contribution in [2.75, 3.05) is 0 Å². The van der Waals surface area contributed by atoms with Crippen LogP contribution in [-0.2, 0) is 0 Å². The van der Waals surface area contributed by atoms with Crippen molar-refractivity contribution in [3.8, 4) is 0 Å². The third kappa shape index (κ3) is 1.42. The second kappa shape index (κ2) is 2.78. The topological polar surface area (TPSA) is 42.9 Å². The molecule has 1 aromatic rings. The fraction of sp³-hybridized carbons (Fsp3) is 0.375. The van der Waals surface area contributed by atoms with Gasteiger partial charge in [-0.3, -0.25) is 9.78 Å². The summed E-state index contributed by atoms with van der Waals surface area (Å²) in [6.07, 6.45) is 0.731. The Balaban J connectivity index is 3.31. The molecule has 0 aliphatic rings. The average Bonchev–Trinajstić information content (AvgIpc) is 1.97. The Morgan fingerprint density at radius 3 is 2.09 bits per heavy atom. The zero-order valence-corrected chi connectivity index (χ0v) is 6.88. The van der Waals surface area contributed by atoms with Gasteiger partial charge in [-0.1, -0.05) is 0 Å². The van der Waals surface area contributed by atoms with E-state index < -0.39 is 0 Å². The van der Waals surface area contributed by atoms with Crippen LogP contribution >= 0.6 is 0 Å². The SMILES string of the molecule is Cc1nc(C)c(C=O)nc1C. The summed E-state index contributed by atoms with van der Waals surface area (Å²) in [4.78, 5) is 18.6. The molecule has 0 saturated carbocycles. The molecule has 0 saturated heterocycles. The summed E-state index contributed by atoms with van der Waals surface area (Å²) in [7, 11) is 0. The van der Waals surface area contributed by atoms with Crippen LogP contribution in [0.4, 0.5) is 0 Å². The lowest BCUT2D eigenvalue weighted by atomic mass is 10.3. The van der Waals surface area contributed by atoms with Crippen LogP contribution < -0.4 is 0 Å². The highest BCUT2D eigenvalue weighted by Crippen LogP contribution is 2.03. The second-order valence-electron chi connectivity index (χ2n) is 2.48. The minimum Gasteiger partial charge on any atom is -0.296 e. The standard InChI is InChI=1S/C8H10N2O/c1-5-6(2)10-8(4-11)7(3)9-5/h4H,1-3H3. The zero-order chi connectivity index (χ0) is 8.43. The number of hydrogen-bond acceptors (Lipinski definition) is 3. The predicted octanol–water partition coefficient (Wildman–Crippen LogP) is 1.21. The van der Waals surface area contributed by atoms with Crippen molar-refractivity contribution in [3.05, 3.63) is 22.8 Å². The smallest absolute Gasteiger partial charge is 0.170 e. The number of aryl methyl sites for hydroxylation is 3. The maximum absolute atomic E-state index is 10.4. The van der Waals surface area contributed by atoms with E-state index in [4.69, 9.17) is 0 Å². The molecule has 0 amide bonds. The Bertz CT molecular complexity index is 294. The zero-order valence-electron chi connectivity index (χ0n) is 6.88. The Labute approximate surface area is 65.5 Å². The molecule has 11 heavy (non-hydrogen) atoms. The highest BCUT2D eigenvalue weighted by atomic mass is 16.1. The quantitative estimate of drug-likeness (QED) is 0.565. The molecular weight excluding hydrogens is 140 g/mol. The summed E-state index contributed by atoms with van der Waals surface area (Å²) in [5, 5.41) is 0. The van der Waals surface area contributed by atoms with Gasteiger partial charge in [-0.15, -0.1) is 0 Å². The molecule has 1 aromatic heterocycles. The maximum Gasteiger partial charge on any atom is 0.170 e. The number of aromatic nitrogens is 2. The minimum absolute atomic E-state index is 0.438. The van der Waals surface area contributed by atoms with Crippen LogP contribution in [0.3, 0.4) is 0 Å². The maximum atomic E-state index is 10.4. The summed E-state index contributed by atoms with van der Waals surface area (Å²) in [5.74, 6) is 0. The van der Waals surface area contributed by atoms with E-state index in [1.54, 1.807) is 6.92 Å². The lowest BCUT2D eigenvalue weighted by molar-refractivity contribution is 0.111. The molecule has 0 spiro atoms. The van der Waals surface area contributed by atoms with Gasteiger partial charge in [0.1, 0.15) is 5.69 Å². The van der Waals surface area contributed by atoms with Crippen molar-refractivity contribution in [1.29, 1.82) is 0 Å². The van der Waals surface area contributed by atoms with Gasteiger partial charge in [0.2, 0.25) is 0 Å². The molecule has 0 aromatic carbocycles. The van der Waals surface area contributed by atoms with Crippen LogP contribution in [0.15, 0.2) is 0 Å². The van der Waals surface area contributed by atoms with Gasteiger partial charge in [0.15, 0.2) is 6.29 Å². The number of hydrogen-bond donors (Lipinski definition) is 0. The van der Waals surface area contributed by atoms with Crippen LogP contribution in [0.1, 0.15) is 27.6 Å². The molecule has 1 heterocycles. The monoisotopic (exact) mass is 150 g/mol. The third-order valence-electron chi connectivity index (χ3n) is 1.63. The second-order valence-corrected chi connectivity index (χ2v) is 2.48. The number of aldehydes is 1. The van der Waals surface area contributed by atoms with Crippen LogP contribution in [-0.4, -0.2) is 16.3 Å². The summed E-state index contributed by atoms with van der Waals surface area (Å²) in [6.45, 7) is 5.50. The molecule has 1 rings (SSSR count). The molecule has 58 valence electrons. The van der Waals surface area contributed by atoms with Crippen molar-refractivity contribution < 1.29 is 4.79 Å². The van der Waals surface area contributed by atoms with E-state index in [1.165, 1.54) is 0 Å². The molecule has 0 aliphatic carbocycles. The molecule has 3 nitrogen and oxygen atoms in total. The number of carbonyl (C=O) groups is 1. The predicted molar refractivity (Wildman–Crippen MR) is 41.6 cm³/mol. The van der Waals surface area contributed by atoms with Crippen molar-refractivity contribution in [2.24, 2.45) is 0 Å². The molecule has 3 heteroatoms. The van der Waals surface area contributed by atoms with Crippen LogP contribution in [0.2, 0.25) is 0 Å². The summed E-state index contributed by atoms with van der Waals surface area (Å²) in [6, 6.07) is 0. The van der Waals surface area contributed by atoms with E-state index >= 15 is 0 Å². The Kier molecular flexibility index (Phi) is 1.98. The minimum atomic E-state index is 0.438. The van der Waals surface area contributed by atoms with Gasteiger partial charge >= 0.3 is 0 Å². The van der Waals surface area contributed by atoms with E-state index in [2.05, 4.69) is 9.97 Å². The van der Waals surface area contributed by atoms with Gasteiger partial charge in [0.25, 0.3) is 0 Å². The van der Waals surface area contributed by atoms with Gasteiger partial charge in [-0.05, 0) is 20.8 Å². The molecule has 0 bridgehead atoms. The summed E-state index contributed by atoms with van der Waals surface area (Å²) in [5.41, 5.74) is 2.84. The van der Waals surface area contributed by atoms with Crippen molar-refractivity contribution >= 4 is 6.29 Å². The fourth-order valence-corrected chi connectivity index (χ4v) is 0.844. The molecule has 0 aliphatic heterocycles. The van der Waals surface area contributed by atoms with Crippen LogP contribution in [0, 0.1) is 20.8 Å². The van der Waals surface area contributed by atoms with Gasteiger partial charge < -0.3 is 0 Å². The normalized spacial score (nSPS) is 9.73. The average molecular weight is 150 g/mol. The Morgan fingerprint density at radius 2 is 1.55 bits per heavy atom. The van der Waals surface area contributed by atoms with Crippen LogP contribution in [0.25, 0.3) is 0 Å². The fourth-order valence-electron chi connectivity index (χ4n) is 0.844. The van der Waals surface area contributed by atoms with Gasteiger partial charge in [-0.25, -0.2) is 4.98 Å². The van der Waals surface area contributed by atoms with Crippen molar-refractivity contribution in [2.45, 2.75) is 20.8 Å². The first kappa shape index (κ1) is 7.85. The van der Waals surface area contributed by atoms with E-state index in [0.29, 0.717) is 11.4 Å². The Hall–Kier alpha value is -1.25. The van der Waals surface area contributed by atoms with E-state index in [0.717, 1.165) is 17.7 Å². The first-order valence-corrected chi connectivity index (χ1v) is 3.42. The summed E-state index contributed by atoms with van der Waals surface area (Å²) < 4.78 is 0. The first-order valence-electron chi connectivity index (χ1n) is 3.42. The Morgan fingerprint density at radius 1 is 1.00 bits per heavy atom. The molecule has 0 N–H and O–H groups in total. The number of nitrogens with zero attached hydrogens (tertiary/aromatic N) is 2. The number of rotatable bonds is 1. The van der Waals surface area contributed by atoms with Crippen molar-refractivity contribution in [3.63, 3.8) is 0 Å². The van der Waals surface area contributed by atoms with Crippen molar-refractivity contribution in [1.82, 2.24) is 9.97 Å². The van der Waals surface area contributed by atoms with E-state index in [1.807, 2.05) is 13.8 Å². The third-order valence-corrected chi connectivity index (χ3v) is 1.63. The number of carbonyl (C=O) groups excluding carboxylic acids is 1. The van der Waals surface area contributed by atoms with Gasteiger partial charge in [-0.2, -0.15) is 0 Å². The highest BCUT2D eigenvalue weighted by Gasteiger charge is 2.02. The molecule has 0 unspecified atom stereocenters. The molecule has 0 fully saturated rings. The molecular formula is C8H10N2O. The van der Waals surface area contributed by atoms with Gasteiger partial charge in [0.05, 0.1) is 17.1 Å². The van der Waals surface area contributed by atoms with Crippen LogP contribution in [0.5, 0.6) is 0 Å². The largest absolute Gasteiger partial charge is 0.296 e. The molecule has 0 radical (unpaired) electrons. The first-order chi connectivity index (χ1) is 5.15. The lowest BCUT2D eigenvalue weighted by Crippen LogP contribution is -2.00. The van der Waals surface area contributed by atoms with Gasteiger partial charge in [0, 0.05) is 0 Å². The van der Waals surface area contributed by atoms with E-state index in [-0.39, 0.29) is 0 Å². The summed E-state index contributed by atoms with van der Waals surface area (Å²) >= 11 is 0.